The summed E-state index contributed by atoms with van der Waals surface area (Å²) in [6.45, 7) is 2.22. The first-order valence-corrected chi connectivity index (χ1v) is 9.79. The molecule has 4 heteroatoms. The lowest BCUT2D eigenvalue weighted by atomic mass is 9.86. The molecule has 1 aliphatic carbocycles. The highest BCUT2D eigenvalue weighted by molar-refractivity contribution is 5.66. The SMILES string of the molecule is CCCCCCCC[C@@H]1[C@@H](CC=CCCCC(=O)O)[C@@H](O)C[C@H]1O. The summed E-state index contributed by atoms with van der Waals surface area (Å²) < 4.78 is 0. The summed E-state index contributed by atoms with van der Waals surface area (Å²) in [5, 5.41) is 29.0. The van der Waals surface area contributed by atoms with Crippen LogP contribution in [0.4, 0.5) is 0 Å². The molecule has 24 heavy (non-hydrogen) atoms. The first-order valence-electron chi connectivity index (χ1n) is 9.79. The molecular formula is C20H36O4. The monoisotopic (exact) mass is 340 g/mol. The summed E-state index contributed by atoms with van der Waals surface area (Å²) in [6, 6.07) is 0. The number of hydrogen-bond acceptors (Lipinski definition) is 3. The Morgan fingerprint density at radius 2 is 1.62 bits per heavy atom. The second-order valence-corrected chi connectivity index (χ2v) is 7.25. The van der Waals surface area contributed by atoms with Crippen LogP contribution in [0.5, 0.6) is 0 Å². The van der Waals surface area contributed by atoms with Gasteiger partial charge in [0.25, 0.3) is 0 Å². The van der Waals surface area contributed by atoms with Crippen molar-refractivity contribution < 1.29 is 20.1 Å². The molecule has 0 unspecified atom stereocenters. The molecule has 1 rings (SSSR count). The Labute approximate surface area is 147 Å². The molecule has 140 valence electrons. The minimum Gasteiger partial charge on any atom is -0.481 e. The lowest BCUT2D eigenvalue weighted by molar-refractivity contribution is -0.137. The summed E-state index contributed by atoms with van der Waals surface area (Å²) in [5.74, 6) is -0.405. The molecule has 0 spiro atoms. The third-order valence-electron chi connectivity index (χ3n) is 5.25. The third kappa shape index (κ3) is 8.29. The van der Waals surface area contributed by atoms with E-state index in [2.05, 4.69) is 13.0 Å². The lowest BCUT2D eigenvalue weighted by Crippen LogP contribution is -2.21. The van der Waals surface area contributed by atoms with Crippen LogP contribution in [0.15, 0.2) is 12.2 Å². The van der Waals surface area contributed by atoms with E-state index in [0.717, 1.165) is 25.7 Å². The van der Waals surface area contributed by atoms with Crippen LogP contribution >= 0.6 is 0 Å². The van der Waals surface area contributed by atoms with Gasteiger partial charge in [0, 0.05) is 6.42 Å². The fraction of sp³-hybridized carbons (Fsp3) is 0.850. The highest BCUT2D eigenvalue weighted by Gasteiger charge is 2.40. The molecule has 0 saturated heterocycles. The van der Waals surface area contributed by atoms with Crippen LogP contribution in [0, 0.1) is 11.8 Å². The first-order chi connectivity index (χ1) is 11.6. The smallest absolute Gasteiger partial charge is 0.303 e. The van der Waals surface area contributed by atoms with E-state index in [1.54, 1.807) is 0 Å². The van der Waals surface area contributed by atoms with E-state index >= 15 is 0 Å². The van der Waals surface area contributed by atoms with Crippen LogP contribution in [-0.4, -0.2) is 33.5 Å². The normalized spacial score (nSPS) is 27.1. The predicted molar refractivity (Wildman–Crippen MR) is 96.8 cm³/mol. The van der Waals surface area contributed by atoms with Crippen molar-refractivity contribution in [1.29, 1.82) is 0 Å². The summed E-state index contributed by atoms with van der Waals surface area (Å²) in [5.41, 5.74) is 0. The Morgan fingerprint density at radius 3 is 2.33 bits per heavy atom. The van der Waals surface area contributed by atoms with E-state index in [1.807, 2.05) is 6.08 Å². The fourth-order valence-corrected chi connectivity index (χ4v) is 3.81. The average molecular weight is 341 g/mol. The maximum atomic E-state index is 10.5. The van der Waals surface area contributed by atoms with Gasteiger partial charge >= 0.3 is 5.97 Å². The highest BCUT2D eigenvalue weighted by Crippen LogP contribution is 2.38. The van der Waals surface area contributed by atoms with E-state index in [-0.39, 0.29) is 24.4 Å². The predicted octanol–water partition coefficient (Wildman–Crippen LogP) is 4.30. The zero-order chi connectivity index (χ0) is 17.8. The van der Waals surface area contributed by atoms with Gasteiger partial charge in [-0.15, -0.1) is 0 Å². The molecule has 0 amide bonds. The number of aliphatic hydroxyl groups is 2. The Bertz CT molecular complexity index is 367. The van der Waals surface area contributed by atoms with Gasteiger partial charge < -0.3 is 15.3 Å². The molecule has 1 fully saturated rings. The Hall–Kier alpha value is -0.870. The second kappa shape index (κ2) is 12.5. The highest BCUT2D eigenvalue weighted by atomic mass is 16.4. The van der Waals surface area contributed by atoms with Gasteiger partial charge in [0.1, 0.15) is 0 Å². The third-order valence-corrected chi connectivity index (χ3v) is 5.25. The van der Waals surface area contributed by atoms with Crippen LogP contribution in [-0.2, 0) is 4.79 Å². The number of aliphatic hydroxyl groups excluding tert-OH is 2. The van der Waals surface area contributed by atoms with E-state index < -0.39 is 12.1 Å². The quantitative estimate of drug-likeness (QED) is 0.345. The summed E-state index contributed by atoms with van der Waals surface area (Å²) >= 11 is 0. The maximum Gasteiger partial charge on any atom is 0.303 e. The van der Waals surface area contributed by atoms with Crippen molar-refractivity contribution in [3.63, 3.8) is 0 Å². The van der Waals surface area contributed by atoms with E-state index in [9.17, 15) is 15.0 Å². The molecule has 4 atom stereocenters. The molecular weight excluding hydrogens is 304 g/mol. The molecule has 0 aliphatic heterocycles. The Kier molecular flexibility index (Phi) is 11.0. The van der Waals surface area contributed by atoms with E-state index in [1.165, 1.54) is 32.1 Å². The standard InChI is InChI=1S/C20H36O4/c1-2-3-4-5-6-9-12-16-17(19(22)15-18(16)21)13-10-7-8-11-14-20(23)24/h7,10,16-19,21-22H,2-6,8-9,11-15H2,1H3,(H,23,24)/t16-,17-,18-,19+/m1/s1. The molecule has 1 saturated carbocycles. The number of carboxylic acid groups (broad SMARTS) is 1. The molecule has 0 aromatic rings. The van der Waals surface area contributed by atoms with Crippen molar-refractivity contribution in [1.82, 2.24) is 0 Å². The zero-order valence-corrected chi connectivity index (χ0v) is 15.2. The average Bonchev–Trinajstić information content (AvgIpc) is 2.80. The number of unbranched alkanes of at least 4 members (excludes halogenated alkanes) is 6. The molecule has 3 N–H and O–H groups in total. The van der Waals surface area contributed by atoms with Crippen LogP contribution in [0.1, 0.15) is 84.0 Å². The minimum absolute atomic E-state index is 0.145. The number of aliphatic carboxylic acids is 1. The van der Waals surface area contributed by atoms with E-state index in [4.69, 9.17) is 5.11 Å². The van der Waals surface area contributed by atoms with Gasteiger partial charge in [-0.2, -0.15) is 0 Å². The van der Waals surface area contributed by atoms with Crippen molar-refractivity contribution in [2.45, 2.75) is 96.2 Å². The van der Waals surface area contributed by atoms with E-state index in [0.29, 0.717) is 12.8 Å². The molecule has 0 radical (unpaired) electrons. The molecule has 0 aromatic heterocycles. The maximum absolute atomic E-state index is 10.5. The van der Waals surface area contributed by atoms with Crippen molar-refractivity contribution in [2.24, 2.45) is 11.8 Å². The number of rotatable bonds is 13. The molecule has 0 bridgehead atoms. The van der Waals surface area contributed by atoms with Gasteiger partial charge in [0.05, 0.1) is 12.2 Å². The van der Waals surface area contributed by atoms with Gasteiger partial charge in [0.2, 0.25) is 0 Å². The molecule has 1 aliphatic rings. The largest absolute Gasteiger partial charge is 0.481 e. The Balaban J connectivity index is 2.28. The van der Waals surface area contributed by atoms with Gasteiger partial charge in [-0.3, -0.25) is 4.79 Å². The number of carboxylic acids is 1. The number of allylic oxidation sites excluding steroid dienone is 2. The second-order valence-electron chi connectivity index (χ2n) is 7.25. The molecule has 0 heterocycles. The van der Waals surface area contributed by atoms with Crippen LogP contribution in [0.3, 0.4) is 0 Å². The summed E-state index contributed by atoms with van der Waals surface area (Å²) in [4.78, 5) is 10.5. The Morgan fingerprint density at radius 1 is 0.958 bits per heavy atom. The van der Waals surface area contributed by atoms with Gasteiger partial charge in [0.15, 0.2) is 0 Å². The van der Waals surface area contributed by atoms with Crippen molar-refractivity contribution in [3.8, 4) is 0 Å². The van der Waals surface area contributed by atoms with Crippen molar-refractivity contribution >= 4 is 5.97 Å². The van der Waals surface area contributed by atoms with Gasteiger partial charge in [-0.1, -0.05) is 57.6 Å². The topological polar surface area (TPSA) is 77.8 Å². The summed E-state index contributed by atoms with van der Waals surface area (Å²) in [6.07, 6.45) is 14.7. The fourth-order valence-electron chi connectivity index (χ4n) is 3.81. The first kappa shape index (κ1) is 21.2. The van der Waals surface area contributed by atoms with Crippen LogP contribution in [0.25, 0.3) is 0 Å². The molecule has 0 aromatic carbocycles. The lowest BCUT2D eigenvalue weighted by Gasteiger charge is -2.22. The minimum atomic E-state index is -0.753. The molecule has 4 nitrogen and oxygen atoms in total. The zero-order valence-electron chi connectivity index (χ0n) is 15.2. The summed E-state index contributed by atoms with van der Waals surface area (Å²) in [7, 11) is 0. The van der Waals surface area contributed by atoms with Crippen LogP contribution in [0.2, 0.25) is 0 Å². The van der Waals surface area contributed by atoms with Crippen LogP contribution < -0.4 is 0 Å². The number of hydrogen-bond donors (Lipinski definition) is 3. The van der Waals surface area contributed by atoms with Gasteiger partial charge in [-0.05, 0) is 43.9 Å². The number of carbonyl (C=O) groups is 1. The van der Waals surface area contributed by atoms with Crippen molar-refractivity contribution in [3.05, 3.63) is 12.2 Å². The van der Waals surface area contributed by atoms with Crippen molar-refractivity contribution in [2.75, 3.05) is 0 Å². The van der Waals surface area contributed by atoms with Gasteiger partial charge in [-0.25, -0.2) is 0 Å².